The summed E-state index contributed by atoms with van der Waals surface area (Å²) < 4.78 is 0. The SMILES string of the molecule is BN1CCC(C)(C)[C@@H]2Nc3ccccc3[C@@H]2C(C)CC1C. The number of fused-ring (bicyclic) bond motifs is 3. The maximum Gasteiger partial charge on any atom is 0.185 e. The number of nitrogens with zero attached hydrogens (tertiary/aromatic N) is 1. The fraction of sp³-hybridized carbons (Fsp3) is 0.667. The fourth-order valence-corrected chi connectivity index (χ4v) is 4.38. The first-order chi connectivity index (χ1) is 9.90. The molecule has 2 unspecified atom stereocenters. The first kappa shape index (κ1) is 15.0. The van der Waals surface area contributed by atoms with Crippen molar-refractivity contribution in [3.05, 3.63) is 29.8 Å². The Kier molecular flexibility index (Phi) is 3.81. The molecule has 0 aliphatic carbocycles. The molecule has 0 saturated carbocycles. The van der Waals surface area contributed by atoms with Gasteiger partial charge < -0.3 is 10.1 Å². The topological polar surface area (TPSA) is 15.3 Å². The molecule has 21 heavy (non-hydrogen) atoms. The zero-order valence-corrected chi connectivity index (χ0v) is 14.2. The molecule has 114 valence electrons. The smallest absolute Gasteiger partial charge is 0.185 e. The highest BCUT2D eigenvalue weighted by Gasteiger charge is 2.44. The van der Waals surface area contributed by atoms with E-state index in [4.69, 9.17) is 0 Å². The molecule has 1 N–H and O–H groups in total. The maximum atomic E-state index is 3.86. The van der Waals surface area contributed by atoms with Crippen molar-refractivity contribution in [3.8, 4) is 0 Å². The van der Waals surface area contributed by atoms with Crippen molar-refractivity contribution in [1.82, 2.24) is 4.81 Å². The minimum Gasteiger partial charge on any atom is -0.381 e. The summed E-state index contributed by atoms with van der Waals surface area (Å²) in [6.45, 7) is 10.9. The van der Waals surface area contributed by atoms with Gasteiger partial charge in [0, 0.05) is 17.6 Å². The van der Waals surface area contributed by atoms with Crippen molar-refractivity contribution in [2.75, 3.05) is 11.9 Å². The molecule has 1 aromatic rings. The molecule has 2 nitrogen and oxygen atoms in total. The summed E-state index contributed by atoms with van der Waals surface area (Å²) in [6.07, 6.45) is 2.53. The van der Waals surface area contributed by atoms with E-state index in [1.54, 1.807) is 5.56 Å². The molecular weight excluding hydrogens is 255 g/mol. The number of para-hydroxylation sites is 1. The van der Waals surface area contributed by atoms with Crippen molar-refractivity contribution in [2.45, 2.75) is 58.5 Å². The molecule has 0 bridgehead atoms. The van der Waals surface area contributed by atoms with Crippen LogP contribution in [-0.2, 0) is 0 Å². The van der Waals surface area contributed by atoms with Crippen molar-refractivity contribution in [2.24, 2.45) is 11.3 Å². The third-order valence-electron chi connectivity index (χ3n) is 6.02. The average molecular weight is 284 g/mol. The molecule has 0 radical (unpaired) electrons. The minimum atomic E-state index is 0.316. The van der Waals surface area contributed by atoms with Gasteiger partial charge in [-0.1, -0.05) is 45.9 Å². The van der Waals surface area contributed by atoms with Gasteiger partial charge in [0.25, 0.3) is 0 Å². The van der Waals surface area contributed by atoms with E-state index in [0.29, 0.717) is 29.3 Å². The second-order valence-electron chi connectivity index (χ2n) is 8.02. The van der Waals surface area contributed by atoms with Crippen LogP contribution in [0, 0.1) is 11.3 Å². The van der Waals surface area contributed by atoms with Crippen molar-refractivity contribution >= 4 is 13.7 Å². The number of benzene rings is 1. The summed E-state index contributed by atoms with van der Waals surface area (Å²) in [5, 5.41) is 3.86. The summed E-state index contributed by atoms with van der Waals surface area (Å²) in [7, 11) is 2.29. The lowest BCUT2D eigenvalue weighted by atomic mass is 9.70. The lowest BCUT2D eigenvalue weighted by molar-refractivity contribution is 0.230. The van der Waals surface area contributed by atoms with Crippen LogP contribution in [0.15, 0.2) is 24.3 Å². The van der Waals surface area contributed by atoms with E-state index in [-0.39, 0.29) is 0 Å². The molecule has 0 amide bonds. The quantitative estimate of drug-likeness (QED) is 0.736. The molecule has 2 aliphatic heterocycles. The van der Waals surface area contributed by atoms with E-state index < -0.39 is 0 Å². The van der Waals surface area contributed by atoms with Crippen molar-refractivity contribution < 1.29 is 0 Å². The van der Waals surface area contributed by atoms with Gasteiger partial charge in [-0.05, 0) is 48.4 Å². The van der Waals surface area contributed by atoms with Crippen LogP contribution in [0.25, 0.3) is 0 Å². The van der Waals surface area contributed by atoms with Gasteiger partial charge in [-0.3, -0.25) is 0 Å². The number of hydrogen-bond donors (Lipinski definition) is 1. The molecule has 2 aliphatic rings. The van der Waals surface area contributed by atoms with Crippen LogP contribution in [0.3, 0.4) is 0 Å². The van der Waals surface area contributed by atoms with E-state index in [9.17, 15) is 0 Å². The second kappa shape index (κ2) is 5.35. The first-order valence-corrected chi connectivity index (χ1v) is 8.46. The van der Waals surface area contributed by atoms with Crippen molar-refractivity contribution in [3.63, 3.8) is 0 Å². The maximum absolute atomic E-state index is 3.86. The lowest BCUT2D eigenvalue weighted by Crippen LogP contribution is -2.40. The molecule has 3 rings (SSSR count). The molecular formula is C18H29BN2. The fourth-order valence-electron chi connectivity index (χ4n) is 4.38. The van der Waals surface area contributed by atoms with Gasteiger partial charge in [0.2, 0.25) is 0 Å². The molecule has 0 aromatic heterocycles. The van der Waals surface area contributed by atoms with Crippen LogP contribution in [0.4, 0.5) is 5.69 Å². The van der Waals surface area contributed by atoms with Crippen LogP contribution in [0.2, 0.25) is 0 Å². The van der Waals surface area contributed by atoms with Crippen LogP contribution < -0.4 is 5.32 Å². The molecule has 3 heteroatoms. The number of rotatable bonds is 0. The summed E-state index contributed by atoms with van der Waals surface area (Å²) in [5.74, 6) is 1.35. The van der Waals surface area contributed by atoms with Crippen LogP contribution in [-0.4, -0.2) is 31.4 Å². The van der Waals surface area contributed by atoms with E-state index in [1.165, 1.54) is 25.1 Å². The zero-order valence-electron chi connectivity index (χ0n) is 14.2. The van der Waals surface area contributed by atoms with Gasteiger partial charge >= 0.3 is 0 Å². The van der Waals surface area contributed by atoms with Crippen molar-refractivity contribution in [1.29, 1.82) is 0 Å². The highest BCUT2D eigenvalue weighted by atomic mass is 15.1. The van der Waals surface area contributed by atoms with Crippen LogP contribution >= 0.6 is 0 Å². The van der Waals surface area contributed by atoms with E-state index in [0.717, 1.165) is 0 Å². The third-order valence-corrected chi connectivity index (χ3v) is 6.02. The molecule has 2 heterocycles. The van der Waals surface area contributed by atoms with Crippen LogP contribution in [0.1, 0.15) is 52.0 Å². The van der Waals surface area contributed by atoms with Gasteiger partial charge in [-0.15, -0.1) is 0 Å². The molecule has 1 saturated heterocycles. The normalized spacial score (nSPS) is 35.8. The molecule has 0 spiro atoms. The Morgan fingerprint density at radius 3 is 2.71 bits per heavy atom. The van der Waals surface area contributed by atoms with Gasteiger partial charge in [-0.25, -0.2) is 0 Å². The Hall–Kier alpha value is -0.955. The Labute approximate surface area is 130 Å². The lowest BCUT2D eigenvalue weighted by Gasteiger charge is -2.38. The third kappa shape index (κ3) is 2.61. The Morgan fingerprint density at radius 1 is 1.24 bits per heavy atom. The van der Waals surface area contributed by atoms with Gasteiger partial charge in [0.15, 0.2) is 7.98 Å². The monoisotopic (exact) mass is 284 g/mol. The standard InChI is InChI=1S/C18H29BN2/c1-12-11-13(2)21(19)10-9-18(3,4)17-16(12)14-7-5-6-8-15(14)20-17/h5-8,12-13,16-17,20H,9-11,19H2,1-4H3/t12?,13?,16-,17+/m0/s1. The first-order valence-electron chi connectivity index (χ1n) is 8.46. The summed E-state index contributed by atoms with van der Waals surface area (Å²) in [4.78, 5) is 2.55. The van der Waals surface area contributed by atoms with E-state index in [1.807, 2.05) is 0 Å². The minimum absolute atomic E-state index is 0.316. The largest absolute Gasteiger partial charge is 0.381 e. The van der Waals surface area contributed by atoms with Gasteiger partial charge in [-0.2, -0.15) is 0 Å². The highest BCUT2D eigenvalue weighted by Crippen LogP contribution is 2.49. The van der Waals surface area contributed by atoms with Gasteiger partial charge in [0.05, 0.1) is 0 Å². The molecule has 1 fully saturated rings. The summed E-state index contributed by atoms with van der Waals surface area (Å²) >= 11 is 0. The Morgan fingerprint density at radius 2 is 1.95 bits per heavy atom. The average Bonchev–Trinajstić information content (AvgIpc) is 2.84. The number of anilines is 1. The number of hydrogen-bond acceptors (Lipinski definition) is 2. The Bertz CT molecular complexity index is 514. The number of nitrogens with one attached hydrogen (secondary N) is 1. The second-order valence-corrected chi connectivity index (χ2v) is 8.02. The molecule has 1 aromatic carbocycles. The predicted molar refractivity (Wildman–Crippen MR) is 93.5 cm³/mol. The van der Waals surface area contributed by atoms with Gasteiger partial charge in [0.1, 0.15) is 0 Å². The van der Waals surface area contributed by atoms with Crippen LogP contribution in [0.5, 0.6) is 0 Å². The highest BCUT2D eigenvalue weighted by molar-refractivity contribution is 6.04. The molecule has 4 atom stereocenters. The summed E-state index contributed by atoms with van der Waals surface area (Å²) in [6, 6.07) is 10.2. The summed E-state index contributed by atoms with van der Waals surface area (Å²) in [5.41, 5.74) is 3.23. The predicted octanol–water partition coefficient (Wildman–Crippen LogP) is 3.26. The van der Waals surface area contributed by atoms with E-state index >= 15 is 0 Å². The Balaban J connectivity index is 2.01. The zero-order chi connectivity index (χ0) is 15.2. The van der Waals surface area contributed by atoms with E-state index in [2.05, 4.69) is 70.1 Å².